The fraction of sp³-hybridized carbons (Fsp3) is 0.167. The quantitative estimate of drug-likeness (QED) is 0.378. The monoisotopic (exact) mass is 481 g/mol. The van der Waals surface area contributed by atoms with Crippen molar-refractivity contribution < 1.29 is 27.9 Å². The Morgan fingerprint density at radius 2 is 1.50 bits per heavy atom. The number of carboxylic acid groups (broad SMARTS) is 1. The molecule has 3 N–H and O–H groups in total. The van der Waals surface area contributed by atoms with Crippen LogP contribution in [0.15, 0.2) is 77.8 Å². The molecule has 3 rings (SSSR count). The predicted molar refractivity (Wildman–Crippen MR) is 124 cm³/mol. The van der Waals surface area contributed by atoms with Crippen molar-refractivity contribution in [2.75, 3.05) is 6.54 Å². The second-order valence-electron chi connectivity index (χ2n) is 7.39. The van der Waals surface area contributed by atoms with Gasteiger partial charge in [-0.05, 0) is 61.2 Å². The van der Waals surface area contributed by atoms with Crippen molar-refractivity contribution in [1.29, 1.82) is 0 Å². The van der Waals surface area contributed by atoms with Crippen molar-refractivity contribution in [3.8, 4) is 0 Å². The number of unbranched alkanes of at least 4 members (excludes halogenated alkanes) is 1. The largest absolute Gasteiger partial charge is 0.477 e. The molecule has 9 nitrogen and oxygen atoms in total. The molecular formula is C24H23N3O6S. The number of rotatable bonds is 10. The molecule has 0 radical (unpaired) electrons. The molecule has 2 amide bonds. The summed E-state index contributed by atoms with van der Waals surface area (Å²) in [6.07, 6.45) is 3.63. The summed E-state index contributed by atoms with van der Waals surface area (Å²) >= 11 is 0. The maximum atomic E-state index is 12.5. The Balaban J connectivity index is 1.51. The zero-order valence-electron chi connectivity index (χ0n) is 18.1. The van der Waals surface area contributed by atoms with Crippen LogP contribution in [0.25, 0.3) is 0 Å². The van der Waals surface area contributed by atoms with E-state index in [1.165, 1.54) is 29.8 Å². The Labute approximate surface area is 196 Å². The van der Waals surface area contributed by atoms with Crippen LogP contribution in [0.3, 0.4) is 0 Å². The minimum Gasteiger partial charge on any atom is -0.477 e. The lowest BCUT2D eigenvalue weighted by molar-refractivity contribution is 0.0689. The second kappa shape index (κ2) is 11.2. The van der Waals surface area contributed by atoms with Crippen molar-refractivity contribution >= 4 is 27.8 Å². The first-order chi connectivity index (χ1) is 16.3. The van der Waals surface area contributed by atoms with Gasteiger partial charge < -0.3 is 10.4 Å². The van der Waals surface area contributed by atoms with E-state index in [9.17, 15) is 22.8 Å². The van der Waals surface area contributed by atoms with Crippen LogP contribution in [-0.4, -0.2) is 42.8 Å². The van der Waals surface area contributed by atoms with Gasteiger partial charge in [0.05, 0.1) is 10.5 Å². The highest BCUT2D eigenvalue weighted by atomic mass is 32.2. The molecule has 0 atom stereocenters. The number of nitrogens with one attached hydrogen (secondary N) is 2. The van der Waals surface area contributed by atoms with Crippen molar-refractivity contribution in [3.63, 3.8) is 0 Å². The smallest absolute Gasteiger partial charge is 0.354 e. The van der Waals surface area contributed by atoms with E-state index in [4.69, 9.17) is 5.11 Å². The van der Waals surface area contributed by atoms with Crippen molar-refractivity contribution in [3.05, 3.63) is 95.3 Å². The Kier molecular flexibility index (Phi) is 8.10. The molecule has 3 aromatic rings. The van der Waals surface area contributed by atoms with E-state index >= 15 is 0 Å². The van der Waals surface area contributed by atoms with Crippen LogP contribution in [-0.2, 0) is 16.4 Å². The van der Waals surface area contributed by atoms with E-state index in [1.54, 1.807) is 0 Å². The fourth-order valence-electron chi connectivity index (χ4n) is 3.08. The molecule has 0 saturated heterocycles. The molecule has 1 heterocycles. The number of pyridine rings is 1. The number of aryl methyl sites for hydroxylation is 1. The van der Waals surface area contributed by atoms with Crippen molar-refractivity contribution in [2.24, 2.45) is 0 Å². The zero-order chi connectivity index (χ0) is 24.6. The SMILES string of the molecule is O=C(NCCCCc1ccccc1)c1ccc(S(=O)(=O)NC(=O)c2ccc(C(=O)O)nc2)cc1. The number of carbonyl (C=O) groups excluding carboxylic acids is 2. The van der Waals surface area contributed by atoms with Gasteiger partial charge in [0.25, 0.3) is 21.8 Å². The highest BCUT2D eigenvalue weighted by Crippen LogP contribution is 2.12. The van der Waals surface area contributed by atoms with Crippen LogP contribution in [0.4, 0.5) is 0 Å². The minimum atomic E-state index is -4.20. The first kappa shape index (κ1) is 24.6. The van der Waals surface area contributed by atoms with Gasteiger partial charge in [0.15, 0.2) is 0 Å². The molecule has 0 spiro atoms. The number of nitrogens with zero attached hydrogens (tertiary/aromatic N) is 1. The lowest BCUT2D eigenvalue weighted by atomic mass is 10.1. The number of sulfonamides is 1. The molecule has 0 unspecified atom stereocenters. The van der Waals surface area contributed by atoms with Gasteiger partial charge in [-0.3, -0.25) is 9.59 Å². The van der Waals surface area contributed by atoms with Crippen LogP contribution < -0.4 is 10.0 Å². The standard InChI is InChI=1S/C24H23N3O6S/c28-22(25-15-5-4-8-17-6-2-1-3-7-17)18-9-12-20(13-10-18)34(32,33)27-23(29)19-11-14-21(24(30)31)26-16-19/h1-3,6-7,9-14,16H,4-5,8,15H2,(H,25,28)(H,27,29)(H,30,31). The van der Waals surface area contributed by atoms with E-state index in [1.807, 2.05) is 22.9 Å². The molecule has 0 aliphatic heterocycles. The number of hydrogen-bond donors (Lipinski definition) is 3. The highest BCUT2D eigenvalue weighted by molar-refractivity contribution is 7.90. The molecule has 0 aliphatic rings. The predicted octanol–water partition coefficient (Wildman–Crippen LogP) is 2.65. The Morgan fingerprint density at radius 3 is 2.12 bits per heavy atom. The van der Waals surface area contributed by atoms with Gasteiger partial charge in [0, 0.05) is 18.3 Å². The molecule has 0 aliphatic carbocycles. The molecule has 176 valence electrons. The first-order valence-electron chi connectivity index (χ1n) is 10.4. The number of aromatic carboxylic acids is 1. The zero-order valence-corrected chi connectivity index (χ0v) is 18.9. The molecule has 0 fully saturated rings. The van der Waals surface area contributed by atoms with Gasteiger partial charge >= 0.3 is 5.97 Å². The summed E-state index contributed by atoms with van der Waals surface area (Å²) in [5.41, 5.74) is 1.15. The second-order valence-corrected chi connectivity index (χ2v) is 9.08. The molecule has 1 aromatic heterocycles. The average Bonchev–Trinajstić information content (AvgIpc) is 2.84. The number of benzene rings is 2. The van der Waals surface area contributed by atoms with Gasteiger partial charge in [-0.15, -0.1) is 0 Å². The number of amides is 2. The summed E-state index contributed by atoms with van der Waals surface area (Å²) < 4.78 is 26.9. The van der Waals surface area contributed by atoms with Crippen LogP contribution in [0.2, 0.25) is 0 Å². The van der Waals surface area contributed by atoms with E-state index in [0.29, 0.717) is 12.1 Å². The number of carboxylic acids is 1. The van der Waals surface area contributed by atoms with Crippen LogP contribution in [0.5, 0.6) is 0 Å². The number of aromatic nitrogens is 1. The summed E-state index contributed by atoms with van der Waals surface area (Å²) in [6.45, 7) is 0.497. The van der Waals surface area contributed by atoms with E-state index in [2.05, 4.69) is 22.4 Å². The molecule has 10 heteroatoms. The summed E-state index contributed by atoms with van der Waals surface area (Å²) in [5.74, 6) is -2.55. The minimum absolute atomic E-state index is 0.114. The van der Waals surface area contributed by atoms with E-state index < -0.39 is 21.9 Å². The van der Waals surface area contributed by atoms with E-state index in [0.717, 1.165) is 37.6 Å². The van der Waals surface area contributed by atoms with Gasteiger partial charge in [0.1, 0.15) is 5.69 Å². The molecule has 0 bridgehead atoms. The maximum Gasteiger partial charge on any atom is 0.354 e. The Hall–Kier alpha value is -4.05. The topological polar surface area (TPSA) is 143 Å². The van der Waals surface area contributed by atoms with Crippen LogP contribution >= 0.6 is 0 Å². The molecule has 34 heavy (non-hydrogen) atoms. The van der Waals surface area contributed by atoms with Crippen LogP contribution in [0, 0.1) is 0 Å². The normalized spacial score (nSPS) is 10.9. The van der Waals surface area contributed by atoms with Gasteiger partial charge in [-0.2, -0.15) is 0 Å². The third-order valence-electron chi connectivity index (χ3n) is 4.92. The van der Waals surface area contributed by atoms with Crippen molar-refractivity contribution in [1.82, 2.24) is 15.0 Å². The van der Waals surface area contributed by atoms with Crippen molar-refractivity contribution in [2.45, 2.75) is 24.2 Å². The van der Waals surface area contributed by atoms with Gasteiger partial charge in [0.2, 0.25) is 0 Å². The molecule has 0 saturated carbocycles. The number of carbonyl (C=O) groups is 3. The fourth-order valence-corrected chi connectivity index (χ4v) is 4.06. The summed E-state index contributed by atoms with van der Waals surface area (Å²) in [7, 11) is -4.20. The Morgan fingerprint density at radius 1 is 0.824 bits per heavy atom. The Bertz CT molecular complexity index is 1260. The van der Waals surface area contributed by atoms with Gasteiger partial charge in [-0.25, -0.2) is 22.9 Å². The third-order valence-corrected chi connectivity index (χ3v) is 6.27. The lowest BCUT2D eigenvalue weighted by Crippen LogP contribution is -2.31. The number of hydrogen-bond acceptors (Lipinski definition) is 6. The maximum absolute atomic E-state index is 12.5. The average molecular weight is 482 g/mol. The summed E-state index contributed by atoms with van der Waals surface area (Å²) in [5, 5.41) is 11.6. The summed E-state index contributed by atoms with van der Waals surface area (Å²) in [6, 6.07) is 17.5. The molecule has 2 aromatic carbocycles. The van der Waals surface area contributed by atoms with Gasteiger partial charge in [-0.1, -0.05) is 30.3 Å². The summed E-state index contributed by atoms with van der Waals surface area (Å²) in [4.78, 5) is 38.7. The van der Waals surface area contributed by atoms with Crippen LogP contribution in [0.1, 0.15) is 49.6 Å². The lowest BCUT2D eigenvalue weighted by Gasteiger charge is -2.09. The molecular weight excluding hydrogens is 458 g/mol. The first-order valence-corrected chi connectivity index (χ1v) is 11.9. The van der Waals surface area contributed by atoms with E-state index in [-0.39, 0.29) is 22.1 Å². The highest BCUT2D eigenvalue weighted by Gasteiger charge is 2.20. The third kappa shape index (κ3) is 6.72.